The molecule has 0 spiro atoms. The van der Waals surface area contributed by atoms with Gasteiger partial charge in [-0.3, -0.25) is 28.7 Å². The van der Waals surface area contributed by atoms with Gasteiger partial charge in [0.1, 0.15) is 18.0 Å². The Hall–Kier alpha value is -3.74. The fourth-order valence-electron chi connectivity index (χ4n) is 4.56. The lowest BCUT2D eigenvalue weighted by atomic mass is 10.2. The second-order valence-corrected chi connectivity index (χ2v) is 9.01. The molecule has 13 heteroatoms. The Balaban J connectivity index is 1.50. The minimum absolute atomic E-state index is 0.0316. The summed E-state index contributed by atoms with van der Waals surface area (Å²) in [6.45, 7) is 7.47. The topological polar surface area (TPSA) is 151 Å². The van der Waals surface area contributed by atoms with E-state index in [1.54, 1.807) is 17.2 Å². The van der Waals surface area contributed by atoms with E-state index in [1.165, 1.54) is 9.47 Å². The molecule has 0 atom stereocenters. The van der Waals surface area contributed by atoms with E-state index in [0.717, 1.165) is 23.3 Å². The van der Waals surface area contributed by atoms with E-state index in [-0.39, 0.29) is 24.0 Å². The Morgan fingerprint density at radius 2 is 1.89 bits per heavy atom. The standard InChI is InChI=1S/C23H34N10O3/c1-4-6-8-32(18-19(24)33(7-5-2)23(36)28-22(18)35)17(34)14-30-9-11-31(12-10-30)21-16-13-27-29(3)20(16)25-15-26-21/h13,15H,4-12,14,24H2,1-3H3,(H,28,35,36). The average Bonchev–Trinajstić information content (AvgIpc) is 3.25. The number of unbranched alkanes of at least 4 members (excludes halogenated alkanes) is 1. The number of aromatic nitrogens is 6. The van der Waals surface area contributed by atoms with E-state index in [4.69, 9.17) is 5.73 Å². The van der Waals surface area contributed by atoms with E-state index in [2.05, 4.69) is 29.9 Å². The molecule has 1 aliphatic rings. The molecule has 1 aliphatic heterocycles. The molecule has 36 heavy (non-hydrogen) atoms. The van der Waals surface area contributed by atoms with Gasteiger partial charge in [0.15, 0.2) is 11.3 Å². The van der Waals surface area contributed by atoms with Gasteiger partial charge in [0.25, 0.3) is 5.56 Å². The molecule has 3 N–H and O–H groups in total. The zero-order chi connectivity index (χ0) is 25.8. The number of rotatable bonds is 9. The van der Waals surface area contributed by atoms with Crippen molar-refractivity contribution >= 4 is 34.3 Å². The van der Waals surface area contributed by atoms with Crippen LogP contribution in [0.25, 0.3) is 11.0 Å². The number of anilines is 3. The number of nitrogens with two attached hydrogens (primary N) is 1. The number of carbonyl (C=O) groups is 1. The highest BCUT2D eigenvalue weighted by Crippen LogP contribution is 2.23. The van der Waals surface area contributed by atoms with E-state index in [9.17, 15) is 14.4 Å². The Labute approximate surface area is 208 Å². The Morgan fingerprint density at radius 3 is 2.58 bits per heavy atom. The molecule has 0 aliphatic carbocycles. The summed E-state index contributed by atoms with van der Waals surface area (Å²) in [6, 6.07) is 0. The van der Waals surface area contributed by atoms with Crippen LogP contribution in [0, 0.1) is 0 Å². The number of nitrogen functional groups attached to an aromatic ring is 1. The van der Waals surface area contributed by atoms with Crippen LogP contribution in [0.2, 0.25) is 0 Å². The van der Waals surface area contributed by atoms with Gasteiger partial charge in [-0.1, -0.05) is 20.3 Å². The third kappa shape index (κ3) is 4.96. The summed E-state index contributed by atoms with van der Waals surface area (Å²) in [5.74, 6) is 0.651. The molecule has 3 aromatic rings. The summed E-state index contributed by atoms with van der Waals surface area (Å²) < 4.78 is 3.04. The maximum absolute atomic E-state index is 13.4. The second kappa shape index (κ2) is 10.9. The first-order valence-corrected chi connectivity index (χ1v) is 12.4. The summed E-state index contributed by atoms with van der Waals surface area (Å²) in [5.41, 5.74) is 5.89. The van der Waals surface area contributed by atoms with Gasteiger partial charge in [-0.25, -0.2) is 14.8 Å². The predicted octanol–water partition coefficient (Wildman–Crippen LogP) is 0.161. The normalized spacial score (nSPS) is 14.5. The molecule has 3 aromatic heterocycles. The van der Waals surface area contributed by atoms with Crippen LogP contribution in [-0.2, 0) is 18.4 Å². The van der Waals surface area contributed by atoms with E-state index >= 15 is 0 Å². The lowest BCUT2D eigenvalue weighted by molar-refractivity contribution is -0.119. The van der Waals surface area contributed by atoms with Gasteiger partial charge >= 0.3 is 5.69 Å². The molecule has 1 saturated heterocycles. The summed E-state index contributed by atoms with van der Waals surface area (Å²) in [7, 11) is 1.85. The number of aryl methyl sites for hydroxylation is 1. The number of hydrogen-bond donors (Lipinski definition) is 2. The maximum Gasteiger partial charge on any atom is 0.330 e. The predicted molar refractivity (Wildman–Crippen MR) is 138 cm³/mol. The highest BCUT2D eigenvalue weighted by Gasteiger charge is 2.27. The average molecular weight is 499 g/mol. The maximum atomic E-state index is 13.4. The third-order valence-electron chi connectivity index (χ3n) is 6.51. The molecule has 1 fully saturated rings. The van der Waals surface area contributed by atoms with E-state index < -0.39 is 11.2 Å². The fourth-order valence-corrected chi connectivity index (χ4v) is 4.56. The van der Waals surface area contributed by atoms with Crippen LogP contribution < -0.4 is 26.8 Å². The first-order valence-electron chi connectivity index (χ1n) is 12.4. The van der Waals surface area contributed by atoms with Crippen LogP contribution in [0.15, 0.2) is 22.1 Å². The molecule has 0 saturated carbocycles. The van der Waals surface area contributed by atoms with Crippen LogP contribution in [0.3, 0.4) is 0 Å². The second-order valence-electron chi connectivity index (χ2n) is 9.01. The number of piperazine rings is 1. The van der Waals surface area contributed by atoms with Crippen molar-refractivity contribution in [3.8, 4) is 0 Å². The number of carbonyl (C=O) groups excluding carboxylic acids is 1. The molecular weight excluding hydrogens is 464 g/mol. The quantitative estimate of drug-likeness (QED) is 0.420. The number of nitrogens with zero attached hydrogens (tertiary/aromatic N) is 8. The van der Waals surface area contributed by atoms with Crippen molar-refractivity contribution in [1.29, 1.82) is 0 Å². The zero-order valence-corrected chi connectivity index (χ0v) is 21.1. The Kier molecular flexibility index (Phi) is 7.67. The van der Waals surface area contributed by atoms with Gasteiger partial charge in [0, 0.05) is 46.3 Å². The number of nitrogens with one attached hydrogen (secondary N) is 1. The Morgan fingerprint density at radius 1 is 1.14 bits per heavy atom. The lowest BCUT2D eigenvalue weighted by Crippen LogP contribution is -2.51. The SMILES string of the molecule is CCCCN(C(=O)CN1CCN(c2ncnc3c2cnn3C)CC1)c1c(N)n(CCC)c(=O)[nH]c1=O. The summed E-state index contributed by atoms with van der Waals surface area (Å²) in [5, 5.41) is 5.18. The first-order chi connectivity index (χ1) is 17.3. The minimum atomic E-state index is -0.636. The fraction of sp³-hybridized carbons (Fsp3) is 0.565. The largest absolute Gasteiger partial charge is 0.383 e. The molecule has 0 aromatic carbocycles. The van der Waals surface area contributed by atoms with Crippen molar-refractivity contribution in [2.24, 2.45) is 7.05 Å². The Bertz CT molecular complexity index is 1340. The van der Waals surface area contributed by atoms with Crippen LogP contribution in [-0.4, -0.2) is 79.4 Å². The first kappa shape index (κ1) is 25.4. The van der Waals surface area contributed by atoms with Crippen molar-refractivity contribution in [2.75, 3.05) is 54.8 Å². The molecule has 0 bridgehead atoms. The number of fused-ring (bicyclic) bond motifs is 1. The number of aromatic amines is 1. The summed E-state index contributed by atoms with van der Waals surface area (Å²) in [4.78, 5) is 55.2. The highest BCUT2D eigenvalue weighted by molar-refractivity contribution is 5.97. The molecule has 1 amide bonds. The lowest BCUT2D eigenvalue weighted by Gasteiger charge is -2.36. The third-order valence-corrected chi connectivity index (χ3v) is 6.51. The zero-order valence-electron chi connectivity index (χ0n) is 21.1. The molecule has 0 unspecified atom stereocenters. The van der Waals surface area contributed by atoms with Crippen LogP contribution >= 0.6 is 0 Å². The smallest absolute Gasteiger partial charge is 0.330 e. The van der Waals surface area contributed by atoms with Gasteiger partial charge in [-0.05, 0) is 12.8 Å². The number of amides is 1. The summed E-state index contributed by atoms with van der Waals surface area (Å²) in [6.07, 6.45) is 5.53. The number of H-pyrrole nitrogens is 1. The molecule has 13 nitrogen and oxygen atoms in total. The van der Waals surface area contributed by atoms with Crippen molar-refractivity contribution < 1.29 is 4.79 Å². The van der Waals surface area contributed by atoms with Crippen molar-refractivity contribution in [1.82, 2.24) is 34.2 Å². The van der Waals surface area contributed by atoms with E-state index in [0.29, 0.717) is 52.1 Å². The van der Waals surface area contributed by atoms with Crippen LogP contribution in [0.1, 0.15) is 33.1 Å². The van der Waals surface area contributed by atoms with Crippen LogP contribution in [0.4, 0.5) is 17.3 Å². The van der Waals surface area contributed by atoms with Gasteiger partial charge in [0.2, 0.25) is 5.91 Å². The molecule has 4 rings (SSSR count). The monoisotopic (exact) mass is 498 g/mol. The molecule has 4 heterocycles. The molecular formula is C23H34N10O3. The van der Waals surface area contributed by atoms with Gasteiger partial charge in [0.05, 0.1) is 18.1 Å². The van der Waals surface area contributed by atoms with Crippen LogP contribution in [0.5, 0.6) is 0 Å². The minimum Gasteiger partial charge on any atom is -0.383 e. The molecule has 194 valence electrons. The van der Waals surface area contributed by atoms with Gasteiger partial charge < -0.3 is 15.5 Å². The van der Waals surface area contributed by atoms with Crippen molar-refractivity contribution in [2.45, 2.75) is 39.7 Å². The van der Waals surface area contributed by atoms with Gasteiger partial charge in [-0.2, -0.15) is 5.10 Å². The number of hydrogen-bond acceptors (Lipinski definition) is 9. The van der Waals surface area contributed by atoms with Crippen molar-refractivity contribution in [3.05, 3.63) is 33.4 Å². The highest BCUT2D eigenvalue weighted by atomic mass is 16.2. The van der Waals surface area contributed by atoms with Crippen molar-refractivity contribution in [3.63, 3.8) is 0 Å². The van der Waals surface area contributed by atoms with Gasteiger partial charge in [-0.15, -0.1) is 0 Å². The molecule has 0 radical (unpaired) electrons. The van der Waals surface area contributed by atoms with E-state index in [1.807, 2.05) is 20.9 Å². The summed E-state index contributed by atoms with van der Waals surface area (Å²) >= 11 is 0.